The first-order valence-corrected chi connectivity index (χ1v) is 10.6. The number of sulfonamides is 1. The molecule has 0 spiro atoms. The Labute approximate surface area is 161 Å². The molecule has 0 saturated heterocycles. The molecule has 0 unspecified atom stereocenters. The van der Waals surface area contributed by atoms with Crippen molar-refractivity contribution in [3.63, 3.8) is 0 Å². The maximum atomic E-state index is 12.4. The van der Waals surface area contributed by atoms with E-state index in [1.54, 1.807) is 28.9 Å². The van der Waals surface area contributed by atoms with Gasteiger partial charge >= 0.3 is 0 Å². The maximum Gasteiger partial charge on any atom is 0.269 e. The van der Waals surface area contributed by atoms with Crippen LogP contribution in [0, 0.1) is 6.92 Å². The fraction of sp³-hybridized carbons (Fsp3) is 0.474. The van der Waals surface area contributed by atoms with Gasteiger partial charge in [-0.1, -0.05) is 31.5 Å². The van der Waals surface area contributed by atoms with Crippen LogP contribution < -0.4 is 10.0 Å². The highest BCUT2D eigenvalue weighted by molar-refractivity contribution is 7.89. The van der Waals surface area contributed by atoms with Gasteiger partial charge in [0.1, 0.15) is 5.69 Å². The summed E-state index contributed by atoms with van der Waals surface area (Å²) in [6.07, 6.45) is 0.494. The summed E-state index contributed by atoms with van der Waals surface area (Å²) < 4.78 is 28.6. The number of carbonyl (C=O) groups excluding carboxylic acids is 1. The third-order valence-electron chi connectivity index (χ3n) is 4.19. The Morgan fingerprint density at radius 2 is 1.85 bits per heavy atom. The summed E-state index contributed by atoms with van der Waals surface area (Å²) in [4.78, 5) is 12.6. The molecular formula is C19H28N4O3S. The zero-order valence-electron chi connectivity index (χ0n) is 16.3. The average Bonchev–Trinajstić information content (AvgIpc) is 3.06. The third kappa shape index (κ3) is 5.64. The van der Waals surface area contributed by atoms with Gasteiger partial charge in [0, 0.05) is 19.6 Å². The molecule has 2 aromatic rings. The van der Waals surface area contributed by atoms with Gasteiger partial charge in [-0.2, -0.15) is 5.10 Å². The summed E-state index contributed by atoms with van der Waals surface area (Å²) in [6.45, 7) is 9.15. The van der Waals surface area contributed by atoms with E-state index in [0.717, 1.165) is 11.3 Å². The second kappa shape index (κ2) is 9.14. The minimum atomic E-state index is -3.52. The quantitative estimate of drug-likeness (QED) is 0.641. The molecule has 1 aromatic carbocycles. The molecule has 0 bridgehead atoms. The van der Waals surface area contributed by atoms with Gasteiger partial charge in [-0.05, 0) is 44.4 Å². The lowest BCUT2D eigenvalue weighted by Gasteiger charge is -2.08. The van der Waals surface area contributed by atoms with Gasteiger partial charge in [0.15, 0.2) is 0 Å². The van der Waals surface area contributed by atoms with Crippen molar-refractivity contribution in [3.05, 3.63) is 47.3 Å². The molecule has 7 nitrogen and oxygen atoms in total. The number of benzene rings is 1. The molecule has 1 heterocycles. The Hall–Kier alpha value is -2.19. The van der Waals surface area contributed by atoms with Crippen LogP contribution in [0.2, 0.25) is 0 Å². The smallest absolute Gasteiger partial charge is 0.269 e. The predicted molar refractivity (Wildman–Crippen MR) is 105 cm³/mol. The normalized spacial score (nSPS) is 11.7. The number of nitrogens with one attached hydrogen (secondary N) is 2. The molecule has 0 aliphatic carbocycles. The van der Waals surface area contributed by atoms with Crippen molar-refractivity contribution in [2.75, 3.05) is 13.1 Å². The van der Waals surface area contributed by atoms with E-state index in [1.165, 1.54) is 0 Å². The molecule has 8 heteroatoms. The molecule has 1 amide bonds. The highest BCUT2D eigenvalue weighted by Gasteiger charge is 2.16. The topological polar surface area (TPSA) is 93.1 Å². The Kier molecular flexibility index (Phi) is 7.15. The molecule has 0 aliphatic heterocycles. The SMILES string of the molecule is CCn1nc(C(C)C)cc1C(=O)NCCCNS(=O)(=O)c1ccc(C)cc1. The second-order valence-electron chi connectivity index (χ2n) is 6.75. The standard InChI is InChI=1S/C19H28N4O3S/c1-5-23-18(13-17(22-23)14(2)3)19(24)20-11-6-12-21-27(25,26)16-9-7-15(4)8-10-16/h7-10,13-14,21H,5-6,11-12H2,1-4H3,(H,20,24). The molecular weight excluding hydrogens is 364 g/mol. The molecule has 0 aliphatic rings. The summed E-state index contributed by atoms with van der Waals surface area (Å²) in [5, 5.41) is 7.25. The Morgan fingerprint density at radius 1 is 1.19 bits per heavy atom. The highest BCUT2D eigenvalue weighted by atomic mass is 32.2. The number of aromatic nitrogens is 2. The molecule has 0 fully saturated rings. The monoisotopic (exact) mass is 392 g/mol. The van der Waals surface area contributed by atoms with Crippen LogP contribution in [0.25, 0.3) is 0 Å². The van der Waals surface area contributed by atoms with E-state index >= 15 is 0 Å². The first-order valence-electron chi connectivity index (χ1n) is 9.17. The zero-order valence-corrected chi connectivity index (χ0v) is 17.1. The van der Waals surface area contributed by atoms with Crippen LogP contribution in [-0.2, 0) is 16.6 Å². The zero-order chi connectivity index (χ0) is 20.0. The minimum Gasteiger partial charge on any atom is -0.351 e. The fourth-order valence-electron chi connectivity index (χ4n) is 2.53. The lowest BCUT2D eigenvalue weighted by Crippen LogP contribution is -2.31. The Bertz CT molecular complexity index is 871. The van der Waals surface area contributed by atoms with Gasteiger partial charge < -0.3 is 5.32 Å². The van der Waals surface area contributed by atoms with Crippen LogP contribution in [0.1, 0.15) is 54.9 Å². The average molecular weight is 393 g/mol. The van der Waals surface area contributed by atoms with Crippen molar-refractivity contribution in [2.24, 2.45) is 0 Å². The van der Waals surface area contributed by atoms with E-state index in [9.17, 15) is 13.2 Å². The van der Waals surface area contributed by atoms with Crippen molar-refractivity contribution in [1.29, 1.82) is 0 Å². The van der Waals surface area contributed by atoms with E-state index < -0.39 is 10.0 Å². The first kappa shape index (κ1) is 21.1. The van der Waals surface area contributed by atoms with Crippen LogP contribution in [0.15, 0.2) is 35.2 Å². The van der Waals surface area contributed by atoms with Crippen molar-refractivity contribution >= 4 is 15.9 Å². The van der Waals surface area contributed by atoms with Crippen molar-refractivity contribution in [2.45, 2.75) is 51.5 Å². The number of nitrogens with zero attached hydrogens (tertiary/aromatic N) is 2. The van der Waals surface area contributed by atoms with Crippen LogP contribution in [-0.4, -0.2) is 37.2 Å². The van der Waals surface area contributed by atoms with Gasteiger partial charge in [-0.15, -0.1) is 0 Å². The van der Waals surface area contributed by atoms with Crippen LogP contribution in [0.3, 0.4) is 0 Å². The molecule has 1 aromatic heterocycles. The third-order valence-corrected chi connectivity index (χ3v) is 5.66. The molecule has 148 valence electrons. The molecule has 2 N–H and O–H groups in total. The fourth-order valence-corrected chi connectivity index (χ4v) is 3.60. The van der Waals surface area contributed by atoms with Gasteiger partial charge in [0.25, 0.3) is 5.91 Å². The molecule has 0 atom stereocenters. The first-order chi connectivity index (χ1) is 12.7. The molecule has 0 saturated carbocycles. The van der Waals surface area contributed by atoms with E-state index in [-0.39, 0.29) is 23.3 Å². The van der Waals surface area contributed by atoms with Gasteiger partial charge in [0.2, 0.25) is 10.0 Å². The number of hydrogen-bond donors (Lipinski definition) is 2. The summed E-state index contributed by atoms with van der Waals surface area (Å²) in [5.41, 5.74) is 2.41. The van der Waals surface area contributed by atoms with E-state index in [0.29, 0.717) is 25.2 Å². The van der Waals surface area contributed by atoms with Crippen LogP contribution in [0.4, 0.5) is 0 Å². The number of rotatable bonds is 9. The van der Waals surface area contributed by atoms with Gasteiger partial charge in [-0.25, -0.2) is 13.1 Å². The Balaban J connectivity index is 1.83. The van der Waals surface area contributed by atoms with Crippen molar-refractivity contribution in [3.8, 4) is 0 Å². The second-order valence-corrected chi connectivity index (χ2v) is 8.51. The van der Waals surface area contributed by atoms with Crippen LogP contribution >= 0.6 is 0 Å². The predicted octanol–water partition coefficient (Wildman–Crippen LogP) is 2.43. The summed E-state index contributed by atoms with van der Waals surface area (Å²) in [6, 6.07) is 8.49. The molecule has 27 heavy (non-hydrogen) atoms. The van der Waals surface area contributed by atoms with E-state index in [1.807, 2.05) is 33.8 Å². The maximum absolute atomic E-state index is 12.4. The van der Waals surface area contributed by atoms with E-state index in [2.05, 4.69) is 15.1 Å². The van der Waals surface area contributed by atoms with E-state index in [4.69, 9.17) is 0 Å². The number of carbonyl (C=O) groups is 1. The lowest BCUT2D eigenvalue weighted by atomic mass is 10.1. The Morgan fingerprint density at radius 3 is 2.44 bits per heavy atom. The van der Waals surface area contributed by atoms with Crippen molar-refractivity contribution in [1.82, 2.24) is 19.8 Å². The largest absolute Gasteiger partial charge is 0.351 e. The lowest BCUT2D eigenvalue weighted by molar-refractivity contribution is 0.0942. The minimum absolute atomic E-state index is 0.197. The highest BCUT2D eigenvalue weighted by Crippen LogP contribution is 2.14. The number of aryl methyl sites for hydroxylation is 2. The van der Waals surface area contributed by atoms with Gasteiger partial charge in [0.05, 0.1) is 10.6 Å². The summed E-state index contributed by atoms with van der Waals surface area (Å²) in [7, 11) is -3.52. The van der Waals surface area contributed by atoms with Gasteiger partial charge in [-0.3, -0.25) is 9.48 Å². The molecule has 0 radical (unpaired) electrons. The molecule has 2 rings (SSSR count). The number of amides is 1. The van der Waals surface area contributed by atoms with Crippen LogP contribution in [0.5, 0.6) is 0 Å². The van der Waals surface area contributed by atoms with Crippen molar-refractivity contribution < 1.29 is 13.2 Å². The number of hydrogen-bond acceptors (Lipinski definition) is 4. The summed E-state index contributed by atoms with van der Waals surface area (Å²) in [5.74, 6) is 0.0539. The summed E-state index contributed by atoms with van der Waals surface area (Å²) >= 11 is 0.